The van der Waals surface area contributed by atoms with E-state index in [9.17, 15) is 89.2 Å². The molecule has 36 heteroatoms. The number of amides is 1. The molecule has 0 aliphatic carbocycles. The Morgan fingerprint density at radius 1 is 0.600 bits per heavy atom. The van der Waals surface area contributed by atoms with Crippen LogP contribution in [0.1, 0.15) is 154 Å². The molecule has 0 saturated carbocycles. The average Bonchev–Trinajstić information content (AvgIpc) is 1.28. The molecule has 1 amide bonds. The van der Waals surface area contributed by atoms with Crippen LogP contribution in [0, 0.1) is 0 Å². The number of alkyl halides is 15. The van der Waals surface area contributed by atoms with Gasteiger partial charge in [-0.15, -0.1) is 0 Å². The number of carbonyl (C=O) groups excluding carboxylic acids is 4. The van der Waals surface area contributed by atoms with E-state index in [4.69, 9.17) is 9.47 Å². The normalized spacial score (nSPS) is 13.7. The highest BCUT2D eigenvalue weighted by molar-refractivity contribution is 7.84. The van der Waals surface area contributed by atoms with Crippen LogP contribution < -0.4 is 28.2 Å². The van der Waals surface area contributed by atoms with Crippen molar-refractivity contribution in [1.82, 2.24) is 49.7 Å². The first-order valence-corrected chi connectivity index (χ1v) is 26.7. The maximum absolute atomic E-state index is 12.6. The van der Waals surface area contributed by atoms with Gasteiger partial charge in [-0.3, -0.25) is 29.7 Å². The maximum atomic E-state index is 12.6. The molecule has 0 aliphatic heterocycles. The largest absolute Gasteiger partial charge is 1.00 e. The zero-order chi connectivity index (χ0) is 68.0. The average molecular weight is 1340 g/mol. The molecule has 19 nitrogen and oxygen atoms in total. The van der Waals surface area contributed by atoms with Crippen molar-refractivity contribution in [2.75, 3.05) is 0 Å². The first-order valence-electron chi connectivity index (χ1n) is 25.6. The molecule has 0 bridgehead atoms. The molecule has 0 aromatic carbocycles. The summed E-state index contributed by atoms with van der Waals surface area (Å²) in [6.45, 7) is 16.5. The molecule has 0 radical (unpaired) electrons. The number of aromatic nitrogens is 8. The lowest BCUT2D eigenvalue weighted by Gasteiger charge is -2.22. The fourth-order valence-corrected chi connectivity index (χ4v) is 6.87. The van der Waals surface area contributed by atoms with E-state index in [1.807, 2.05) is 20.8 Å². The van der Waals surface area contributed by atoms with Crippen LogP contribution in [0.2, 0.25) is 0 Å². The molecule has 496 valence electrons. The first kappa shape index (κ1) is 80.0. The number of halogens is 16. The topological polar surface area (TPSA) is 263 Å². The highest BCUT2D eigenvalue weighted by Gasteiger charge is 2.36. The van der Waals surface area contributed by atoms with Gasteiger partial charge < -0.3 is 32.9 Å². The maximum Gasteiger partial charge on any atom is 0.433 e. The smallest absolute Gasteiger partial charge is 0.433 e. The summed E-state index contributed by atoms with van der Waals surface area (Å²) in [6, 6.07) is 8.99. The van der Waals surface area contributed by atoms with Crippen LogP contribution in [0.4, 0.5) is 70.7 Å². The minimum Gasteiger partial charge on any atom is -1.00 e. The Balaban J connectivity index is 0.000000584. The zero-order valence-electron chi connectivity index (χ0n) is 49.0. The summed E-state index contributed by atoms with van der Waals surface area (Å²) >= 11 is 0. The molecule has 0 saturated heterocycles. The summed E-state index contributed by atoms with van der Waals surface area (Å²) in [5, 5.41) is 6.28. The van der Waals surface area contributed by atoms with E-state index >= 15 is 0 Å². The highest BCUT2D eigenvalue weighted by Crippen LogP contribution is 2.32. The zero-order valence-corrected chi connectivity index (χ0v) is 50.6. The molecule has 6 aromatic heterocycles. The van der Waals surface area contributed by atoms with E-state index in [1.165, 1.54) is 67.7 Å². The number of pyridine rings is 5. The van der Waals surface area contributed by atoms with Crippen LogP contribution in [-0.4, -0.2) is 84.8 Å². The number of nitrogens with one attached hydrogen (secondary N) is 2. The Hall–Kier alpha value is -8.01. The van der Waals surface area contributed by atoms with Gasteiger partial charge in [-0.1, -0.05) is 18.2 Å². The van der Waals surface area contributed by atoms with Gasteiger partial charge in [0.25, 0.3) is 0 Å². The van der Waals surface area contributed by atoms with Gasteiger partial charge in [0, 0.05) is 48.2 Å². The van der Waals surface area contributed by atoms with Crippen LogP contribution in [-0.2, 0) is 67.5 Å². The molecule has 6 atom stereocenters. The molecule has 0 fully saturated rings. The van der Waals surface area contributed by atoms with Crippen LogP contribution >= 0.6 is 0 Å². The number of nitrogens with zero attached hydrogens (tertiary/aromatic N) is 9. The SMILES string of the molecule is CC(=O)c1ccc(C(F)(F)F)nc1.CC(C)OC(=O)[C@@H](Cn1cncn1)OC(=O)N[C@@H](C)c1ccc(C(F)(F)F)nc1.C[C@H](N=C=O)c1ccc(C(F)(F)F)nc1.C[C@H](N[S@@](=O)C(C)(C)C)c1ccc(C(F)(F)F)nc1.C[C@H]([NH3+])c1ccc(C(F)(F)F)nc1.[Cl-]. The van der Waals surface area contributed by atoms with Crippen molar-refractivity contribution in [2.45, 2.75) is 148 Å². The van der Waals surface area contributed by atoms with Gasteiger partial charge >= 0.3 is 42.9 Å². The van der Waals surface area contributed by atoms with Crippen LogP contribution in [0.15, 0.2) is 109 Å². The Morgan fingerprint density at radius 3 is 1.30 bits per heavy atom. The van der Waals surface area contributed by atoms with Crippen LogP contribution in [0.5, 0.6) is 0 Å². The van der Waals surface area contributed by atoms with Gasteiger partial charge in [0.1, 0.15) is 47.2 Å². The number of hydrogen-bond acceptors (Lipinski definition) is 15. The molecular weight excluding hydrogens is 1280 g/mol. The van der Waals surface area contributed by atoms with Crippen molar-refractivity contribution in [1.29, 1.82) is 0 Å². The van der Waals surface area contributed by atoms with Gasteiger partial charge in [-0.05, 0) is 128 Å². The molecule has 0 aliphatic rings. The summed E-state index contributed by atoms with van der Waals surface area (Å²) in [5.41, 5.74) is 1.09. The number of Topliss-reactive ketones (excluding diaryl/α,β-unsaturated/α-hetero) is 1. The fourth-order valence-electron chi connectivity index (χ4n) is 6.06. The number of isocyanates is 1. The molecule has 0 unspecified atom stereocenters. The lowest BCUT2D eigenvalue weighted by molar-refractivity contribution is -0.420. The highest BCUT2D eigenvalue weighted by atomic mass is 35.5. The minimum absolute atomic E-state index is 0. The predicted molar refractivity (Wildman–Crippen MR) is 287 cm³/mol. The second-order valence-corrected chi connectivity index (χ2v) is 21.8. The number of ether oxygens (including phenoxy) is 2. The number of alkyl carbamates (subject to hydrolysis) is 1. The van der Waals surface area contributed by atoms with E-state index in [-0.39, 0.29) is 42.4 Å². The van der Waals surface area contributed by atoms with Gasteiger partial charge in [-0.2, -0.15) is 75.9 Å². The van der Waals surface area contributed by atoms with Gasteiger partial charge in [0.2, 0.25) is 12.2 Å². The van der Waals surface area contributed by atoms with Gasteiger partial charge in [0.05, 0.1) is 40.5 Å². The Kier molecular flexibility index (Phi) is 31.0. The van der Waals surface area contributed by atoms with Crippen molar-refractivity contribution in [3.63, 3.8) is 0 Å². The summed E-state index contributed by atoms with van der Waals surface area (Å²) in [4.78, 5) is 68.5. The van der Waals surface area contributed by atoms with Crippen LogP contribution in [0.3, 0.4) is 0 Å². The number of aliphatic imine (C=N–C) groups is 1. The Bertz CT molecular complexity index is 3220. The molecule has 6 aromatic rings. The van der Waals surface area contributed by atoms with E-state index in [2.05, 4.69) is 55.8 Å². The quantitative estimate of drug-likeness (QED) is 0.0302. The number of carbonyl (C=O) groups is 3. The number of esters is 1. The Labute approximate surface area is 513 Å². The number of quaternary nitrogens is 1. The summed E-state index contributed by atoms with van der Waals surface area (Å²) in [7, 11) is -1.29. The number of ketones is 1. The second kappa shape index (κ2) is 34.8. The Morgan fingerprint density at radius 2 is 0.989 bits per heavy atom. The van der Waals surface area contributed by atoms with Crippen LogP contribution in [0.25, 0.3) is 0 Å². The van der Waals surface area contributed by atoms with E-state index in [0.29, 0.717) is 22.3 Å². The number of rotatable bonds is 14. The second-order valence-electron chi connectivity index (χ2n) is 19.8. The standard InChI is InChI=1S/C17H20F3N5O4.C12H17F3N2OS.C9H7F3N2O.C8H9F3N2.C8H6F3NO.ClH/c1-10(2)28-15(26)13(7-25-9-21-8-23-25)29-16(27)24-11(3)12-4-5-14(22-6-12)17(18,19)20;1-8(17-19(18)11(2,3)4)9-5-6-10(16-7-9)12(13,14)15;1-6(14-5-15)7-2-3-8(13-4-7)9(10,11)12;1-5(12)6-2-3-7(13-4-6)8(9,10)11;1-5(13)6-2-3-7(12-4-6)8(9,10)11;/h4-6,8-11,13H,7H2,1-3H3,(H,24,27);5-8,17H,1-4H3;2-4,6H,1H3;2-5H,12H2,1H3;2-4H,1H3;1H/t11-,13+;8-,19-;6-;5-;;/m0000../s1. The summed E-state index contributed by atoms with van der Waals surface area (Å²) < 4.78 is 209. The third-order valence-corrected chi connectivity index (χ3v) is 12.6. The van der Waals surface area contributed by atoms with Gasteiger partial charge in [-0.25, -0.2) is 33.0 Å². The molecule has 6 rings (SSSR count). The molecule has 90 heavy (non-hydrogen) atoms. The molecular formula is C54H60ClF15N12O7S. The lowest BCUT2D eigenvalue weighted by atomic mass is 10.1. The molecule has 6 heterocycles. The third kappa shape index (κ3) is 28.6. The summed E-state index contributed by atoms with van der Waals surface area (Å²) in [5.74, 6) is -1.07. The van der Waals surface area contributed by atoms with E-state index in [1.54, 1.807) is 34.6 Å². The monoisotopic (exact) mass is 1340 g/mol. The predicted octanol–water partition coefficient (Wildman–Crippen LogP) is 8.92. The van der Waals surface area contributed by atoms with Gasteiger partial charge in [0.15, 0.2) is 5.78 Å². The van der Waals surface area contributed by atoms with E-state index < -0.39 is 111 Å². The minimum atomic E-state index is -4.56. The van der Waals surface area contributed by atoms with Crippen molar-refractivity contribution < 1.29 is 117 Å². The van der Waals surface area contributed by atoms with Crippen molar-refractivity contribution >= 4 is 34.9 Å². The fraction of sp³-hybridized carbons (Fsp3) is 0.426. The van der Waals surface area contributed by atoms with Crippen molar-refractivity contribution in [3.8, 4) is 0 Å². The van der Waals surface area contributed by atoms with Crippen molar-refractivity contribution in [3.05, 3.63) is 161 Å². The number of hydrogen-bond donors (Lipinski definition) is 3. The third-order valence-electron chi connectivity index (χ3n) is 10.9. The summed E-state index contributed by atoms with van der Waals surface area (Å²) in [6.07, 6.45) is -15.7. The molecule has 0 spiro atoms. The van der Waals surface area contributed by atoms with Crippen molar-refractivity contribution in [2.24, 2.45) is 4.99 Å². The first-order chi connectivity index (χ1) is 40.8. The lowest BCUT2D eigenvalue weighted by Crippen LogP contribution is -3.00. The van der Waals surface area contributed by atoms with E-state index in [0.717, 1.165) is 61.2 Å². The molecule has 5 N–H and O–H groups in total.